The number of pyridine rings is 1. The second-order valence-corrected chi connectivity index (χ2v) is 5.08. The summed E-state index contributed by atoms with van der Waals surface area (Å²) in [6, 6.07) is 5.98. The quantitative estimate of drug-likeness (QED) is 0.858. The fourth-order valence-electron chi connectivity index (χ4n) is 1.60. The lowest BCUT2D eigenvalue weighted by Crippen LogP contribution is -2.04. The largest absolute Gasteiger partial charge is 0.490 e. The molecular formula is C14H18N2OS. The molecule has 0 aliphatic carbocycles. The van der Waals surface area contributed by atoms with Gasteiger partial charge in [0.15, 0.2) is 11.6 Å². The lowest BCUT2D eigenvalue weighted by atomic mass is 10.3. The van der Waals surface area contributed by atoms with Crippen LogP contribution < -0.4 is 10.1 Å². The SMILES string of the molecule is CCCOc1cccnc1NCc1sccc1C. The molecule has 4 heteroatoms. The summed E-state index contributed by atoms with van der Waals surface area (Å²) in [4.78, 5) is 5.66. The number of nitrogens with zero attached hydrogens (tertiary/aromatic N) is 1. The van der Waals surface area contributed by atoms with Crippen LogP contribution in [0.25, 0.3) is 0 Å². The third-order valence-corrected chi connectivity index (χ3v) is 3.64. The number of aromatic nitrogens is 1. The lowest BCUT2D eigenvalue weighted by molar-refractivity contribution is 0.318. The van der Waals surface area contributed by atoms with E-state index in [1.54, 1.807) is 17.5 Å². The molecule has 2 aromatic heterocycles. The van der Waals surface area contributed by atoms with Crippen molar-refractivity contribution < 1.29 is 4.74 Å². The summed E-state index contributed by atoms with van der Waals surface area (Å²) in [5.74, 6) is 1.65. The molecule has 2 heterocycles. The summed E-state index contributed by atoms with van der Waals surface area (Å²) in [5.41, 5.74) is 1.32. The smallest absolute Gasteiger partial charge is 0.169 e. The zero-order chi connectivity index (χ0) is 12.8. The van der Waals surface area contributed by atoms with Crippen molar-refractivity contribution in [3.8, 4) is 5.75 Å². The Morgan fingerprint density at radius 2 is 2.28 bits per heavy atom. The molecule has 0 aliphatic heterocycles. The van der Waals surface area contributed by atoms with Crippen LogP contribution in [0.15, 0.2) is 29.8 Å². The van der Waals surface area contributed by atoms with E-state index in [1.807, 2.05) is 12.1 Å². The maximum atomic E-state index is 5.66. The van der Waals surface area contributed by atoms with Crippen LogP contribution in [-0.2, 0) is 6.54 Å². The average Bonchev–Trinajstić information content (AvgIpc) is 2.80. The number of ether oxygens (including phenoxy) is 1. The molecule has 2 aromatic rings. The van der Waals surface area contributed by atoms with Gasteiger partial charge < -0.3 is 10.1 Å². The van der Waals surface area contributed by atoms with E-state index in [-0.39, 0.29) is 0 Å². The molecular weight excluding hydrogens is 244 g/mol. The van der Waals surface area contributed by atoms with Gasteiger partial charge in [-0.3, -0.25) is 0 Å². The third kappa shape index (κ3) is 3.23. The van der Waals surface area contributed by atoms with Crippen molar-refractivity contribution >= 4 is 17.2 Å². The van der Waals surface area contributed by atoms with Gasteiger partial charge in [-0.25, -0.2) is 4.98 Å². The number of hydrogen-bond donors (Lipinski definition) is 1. The first-order valence-corrected chi connectivity index (χ1v) is 7.04. The molecule has 0 spiro atoms. The van der Waals surface area contributed by atoms with Gasteiger partial charge in [-0.2, -0.15) is 0 Å². The Morgan fingerprint density at radius 3 is 3.00 bits per heavy atom. The lowest BCUT2D eigenvalue weighted by Gasteiger charge is -2.11. The molecule has 2 rings (SSSR count). The first-order chi connectivity index (χ1) is 8.81. The molecule has 0 fully saturated rings. The molecule has 0 unspecified atom stereocenters. The van der Waals surface area contributed by atoms with E-state index in [1.165, 1.54) is 10.4 Å². The maximum absolute atomic E-state index is 5.66. The van der Waals surface area contributed by atoms with Crippen molar-refractivity contribution in [1.29, 1.82) is 0 Å². The minimum Gasteiger partial charge on any atom is -0.490 e. The predicted octanol–water partition coefficient (Wildman–Crippen LogP) is 3.85. The molecule has 0 bridgehead atoms. The summed E-state index contributed by atoms with van der Waals surface area (Å²) in [6.07, 6.45) is 2.78. The highest BCUT2D eigenvalue weighted by Gasteiger charge is 2.05. The summed E-state index contributed by atoms with van der Waals surface area (Å²) < 4.78 is 5.66. The van der Waals surface area contributed by atoms with E-state index in [2.05, 4.69) is 35.6 Å². The van der Waals surface area contributed by atoms with Crippen LogP contribution in [0.1, 0.15) is 23.8 Å². The number of anilines is 1. The number of nitrogens with one attached hydrogen (secondary N) is 1. The molecule has 18 heavy (non-hydrogen) atoms. The third-order valence-electron chi connectivity index (χ3n) is 2.62. The highest BCUT2D eigenvalue weighted by molar-refractivity contribution is 7.10. The Hall–Kier alpha value is -1.55. The molecule has 0 saturated carbocycles. The molecule has 96 valence electrons. The maximum Gasteiger partial charge on any atom is 0.169 e. The second kappa shape index (κ2) is 6.40. The fourth-order valence-corrected chi connectivity index (χ4v) is 2.45. The first kappa shape index (κ1) is 12.9. The van der Waals surface area contributed by atoms with Crippen molar-refractivity contribution in [3.63, 3.8) is 0 Å². The molecule has 0 saturated heterocycles. The van der Waals surface area contributed by atoms with Gasteiger partial charge in [-0.05, 0) is 42.5 Å². The van der Waals surface area contributed by atoms with Crippen LogP contribution >= 0.6 is 11.3 Å². The fraction of sp³-hybridized carbons (Fsp3) is 0.357. The normalized spacial score (nSPS) is 10.3. The number of aryl methyl sites for hydroxylation is 1. The number of hydrogen-bond acceptors (Lipinski definition) is 4. The second-order valence-electron chi connectivity index (χ2n) is 4.08. The van der Waals surface area contributed by atoms with Gasteiger partial charge in [0.05, 0.1) is 13.2 Å². The van der Waals surface area contributed by atoms with Gasteiger partial charge in [-0.1, -0.05) is 6.92 Å². The minimum atomic E-state index is 0.721. The zero-order valence-electron chi connectivity index (χ0n) is 10.8. The summed E-state index contributed by atoms with van der Waals surface area (Å²) in [5, 5.41) is 5.45. The standard InChI is InChI=1S/C14H18N2OS/c1-3-8-17-12-5-4-7-15-14(12)16-10-13-11(2)6-9-18-13/h4-7,9H,3,8,10H2,1-2H3,(H,15,16). The molecule has 0 aliphatic rings. The van der Waals surface area contributed by atoms with Crippen molar-refractivity contribution in [3.05, 3.63) is 40.2 Å². The Morgan fingerprint density at radius 1 is 1.39 bits per heavy atom. The van der Waals surface area contributed by atoms with Gasteiger partial charge in [-0.15, -0.1) is 11.3 Å². The van der Waals surface area contributed by atoms with Crippen LogP contribution in [-0.4, -0.2) is 11.6 Å². The van der Waals surface area contributed by atoms with E-state index >= 15 is 0 Å². The van der Waals surface area contributed by atoms with E-state index in [0.717, 1.165) is 31.1 Å². The minimum absolute atomic E-state index is 0.721. The Labute approximate surface area is 112 Å². The highest BCUT2D eigenvalue weighted by atomic mass is 32.1. The van der Waals surface area contributed by atoms with Crippen molar-refractivity contribution in [1.82, 2.24) is 4.98 Å². The van der Waals surface area contributed by atoms with Gasteiger partial charge in [0.2, 0.25) is 0 Å². The van der Waals surface area contributed by atoms with E-state index in [9.17, 15) is 0 Å². The van der Waals surface area contributed by atoms with Crippen LogP contribution in [0.3, 0.4) is 0 Å². The Bertz CT molecular complexity index is 496. The molecule has 0 amide bonds. The molecule has 3 nitrogen and oxygen atoms in total. The molecule has 0 atom stereocenters. The summed E-state index contributed by atoms with van der Waals surface area (Å²) >= 11 is 1.76. The van der Waals surface area contributed by atoms with Crippen LogP contribution in [0.4, 0.5) is 5.82 Å². The molecule has 0 aromatic carbocycles. The average molecular weight is 262 g/mol. The van der Waals surface area contributed by atoms with E-state index < -0.39 is 0 Å². The van der Waals surface area contributed by atoms with E-state index in [0.29, 0.717) is 0 Å². The topological polar surface area (TPSA) is 34.1 Å². The van der Waals surface area contributed by atoms with Gasteiger partial charge in [0, 0.05) is 11.1 Å². The van der Waals surface area contributed by atoms with Crippen molar-refractivity contribution in [2.75, 3.05) is 11.9 Å². The van der Waals surface area contributed by atoms with E-state index in [4.69, 9.17) is 4.74 Å². The van der Waals surface area contributed by atoms with Crippen LogP contribution in [0, 0.1) is 6.92 Å². The van der Waals surface area contributed by atoms with Crippen molar-refractivity contribution in [2.45, 2.75) is 26.8 Å². The monoisotopic (exact) mass is 262 g/mol. The Kier molecular flexibility index (Phi) is 4.59. The number of thiophene rings is 1. The first-order valence-electron chi connectivity index (χ1n) is 6.16. The Balaban J connectivity index is 2.02. The van der Waals surface area contributed by atoms with Crippen molar-refractivity contribution in [2.24, 2.45) is 0 Å². The van der Waals surface area contributed by atoms with Gasteiger partial charge in [0.25, 0.3) is 0 Å². The molecule has 1 N–H and O–H groups in total. The van der Waals surface area contributed by atoms with Crippen LogP contribution in [0.2, 0.25) is 0 Å². The highest BCUT2D eigenvalue weighted by Crippen LogP contribution is 2.23. The van der Waals surface area contributed by atoms with Gasteiger partial charge >= 0.3 is 0 Å². The summed E-state index contributed by atoms with van der Waals surface area (Å²) in [6.45, 7) is 5.74. The summed E-state index contributed by atoms with van der Waals surface area (Å²) in [7, 11) is 0. The zero-order valence-corrected chi connectivity index (χ0v) is 11.6. The predicted molar refractivity (Wildman–Crippen MR) is 76.4 cm³/mol. The van der Waals surface area contributed by atoms with Crippen LogP contribution in [0.5, 0.6) is 5.75 Å². The number of rotatable bonds is 6. The van der Waals surface area contributed by atoms with Gasteiger partial charge in [0.1, 0.15) is 0 Å². The molecule has 0 radical (unpaired) electrons.